The number of aromatic nitrogens is 1. The monoisotopic (exact) mass is 314 g/mol. The van der Waals surface area contributed by atoms with Crippen molar-refractivity contribution in [1.29, 1.82) is 0 Å². The van der Waals surface area contributed by atoms with Crippen LogP contribution in [0.4, 0.5) is 0 Å². The minimum atomic E-state index is -0.428. The third-order valence-corrected chi connectivity index (χ3v) is 3.77. The largest absolute Gasteiger partial charge is 0.455 e. The summed E-state index contributed by atoms with van der Waals surface area (Å²) in [6.07, 6.45) is 3.52. The van der Waals surface area contributed by atoms with Crippen molar-refractivity contribution in [2.24, 2.45) is 0 Å². The minimum Gasteiger partial charge on any atom is -0.455 e. The Kier molecular flexibility index (Phi) is 6.09. The minimum absolute atomic E-state index is 0.104. The molecule has 0 saturated carbocycles. The number of hydrogen-bond donors (Lipinski definition) is 1. The predicted octanol–water partition coefficient (Wildman–Crippen LogP) is 2.63. The summed E-state index contributed by atoms with van der Waals surface area (Å²) in [5.74, 6) is -0.689. The highest BCUT2D eigenvalue weighted by Gasteiger charge is 2.13. The zero-order chi connectivity index (χ0) is 16.7. The van der Waals surface area contributed by atoms with Crippen LogP contribution in [0.1, 0.15) is 32.3 Å². The second-order valence-corrected chi connectivity index (χ2v) is 5.41. The van der Waals surface area contributed by atoms with E-state index in [0.29, 0.717) is 0 Å². The molecule has 0 atom stereocenters. The molecule has 0 fully saturated rings. The van der Waals surface area contributed by atoms with E-state index in [0.717, 1.165) is 29.3 Å². The van der Waals surface area contributed by atoms with Crippen LogP contribution in [0.15, 0.2) is 36.5 Å². The maximum absolute atomic E-state index is 12.0. The summed E-state index contributed by atoms with van der Waals surface area (Å²) in [5, 5.41) is 3.81. The fraction of sp³-hybridized carbons (Fsp3) is 0.389. The Morgan fingerprint density at radius 3 is 2.65 bits per heavy atom. The average molecular weight is 314 g/mol. The normalized spacial score (nSPS) is 10.7. The highest BCUT2D eigenvalue weighted by Crippen LogP contribution is 2.16. The number of nitrogens with one attached hydrogen (secondary N) is 1. The molecular weight excluding hydrogens is 292 g/mol. The second-order valence-electron chi connectivity index (χ2n) is 5.41. The van der Waals surface area contributed by atoms with Crippen molar-refractivity contribution in [3.05, 3.63) is 42.1 Å². The topological polar surface area (TPSA) is 68.3 Å². The Bertz CT molecular complexity index is 676. The first kappa shape index (κ1) is 16.9. The molecule has 2 rings (SSSR count). The fourth-order valence-corrected chi connectivity index (χ4v) is 2.42. The molecule has 1 amide bonds. The molecule has 0 bridgehead atoms. The van der Waals surface area contributed by atoms with E-state index in [2.05, 4.69) is 10.3 Å². The number of fused-ring (bicyclic) bond motifs is 1. The van der Waals surface area contributed by atoms with Crippen LogP contribution in [0.2, 0.25) is 0 Å². The second kappa shape index (κ2) is 8.27. The van der Waals surface area contributed by atoms with Crippen LogP contribution in [0.3, 0.4) is 0 Å². The maximum Gasteiger partial charge on any atom is 0.310 e. The third-order valence-electron chi connectivity index (χ3n) is 3.77. The molecule has 1 aromatic heterocycles. The van der Waals surface area contributed by atoms with Gasteiger partial charge in [0.05, 0.1) is 11.9 Å². The lowest BCUT2D eigenvalue weighted by atomic mass is 10.1. The number of ether oxygens (including phenoxy) is 1. The molecule has 0 saturated heterocycles. The molecule has 5 heteroatoms. The molecule has 122 valence electrons. The molecule has 0 aliphatic carbocycles. The van der Waals surface area contributed by atoms with Crippen molar-refractivity contribution in [1.82, 2.24) is 10.3 Å². The molecule has 1 heterocycles. The van der Waals surface area contributed by atoms with Crippen molar-refractivity contribution >= 4 is 22.8 Å². The first-order chi connectivity index (χ1) is 11.1. The summed E-state index contributed by atoms with van der Waals surface area (Å²) in [4.78, 5) is 28.0. The van der Waals surface area contributed by atoms with Gasteiger partial charge in [0.1, 0.15) is 0 Å². The number of para-hydroxylation sites is 1. The number of carbonyl (C=O) groups excluding carboxylic acids is 2. The summed E-state index contributed by atoms with van der Waals surface area (Å²) in [6.45, 7) is 3.77. The highest BCUT2D eigenvalue weighted by atomic mass is 16.5. The molecule has 0 spiro atoms. The molecule has 0 aliphatic rings. The van der Waals surface area contributed by atoms with Crippen LogP contribution in [0.25, 0.3) is 10.9 Å². The van der Waals surface area contributed by atoms with Crippen LogP contribution in [0.5, 0.6) is 0 Å². The van der Waals surface area contributed by atoms with Gasteiger partial charge in [0.2, 0.25) is 0 Å². The summed E-state index contributed by atoms with van der Waals surface area (Å²) >= 11 is 0. The number of hydrogen-bond acceptors (Lipinski definition) is 4. The zero-order valence-corrected chi connectivity index (χ0v) is 13.5. The lowest BCUT2D eigenvalue weighted by molar-refractivity contribution is -0.148. The van der Waals surface area contributed by atoms with Crippen LogP contribution < -0.4 is 5.32 Å². The van der Waals surface area contributed by atoms with Gasteiger partial charge in [-0.25, -0.2) is 0 Å². The van der Waals surface area contributed by atoms with Gasteiger partial charge >= 0.3 is 5.97 Å². The smallest absolute Gasteiger partial charge is 0.310 e. The predicted molar refractivity (Wildman–Crippen MR) is 88.9 cm³/mol. The fourth-order valence-electron chi connectivity index (χ4n) is 2.42. The summed E-state index contributed by atoms with van der Waals surface area (Å²) in [7, 11) is 0. The molecular formula is C18H22N2O3. The number of nitrogens with zero attached hydrogens (tertiary/aromatic N) is 1. The average Bonchev–Trinajstić information content (AvgIpc) is 2.58. The summed E-state index contributed by atoms with van der Waals surface area (Å²) < 4.78 is 5.07. The number of pyridine rings is 1. The van der Waals surface area contributed by atoms with Gasteiger partial charge in [-0.3, -0.25) is 14.6 Å². The Morgan fingerprint density at radius 2 is 1.91 bits per heavy atom. The van der Waals surface area contributed by atoms with E-state index < -0.39 is 5.97 Å². The van der Waals surface area contributed by atoms with Crippen molar-refractivity contribution in [3.63, 3.8) is 0 Å². The van der Waals surface area contributed by atoms with Gasteiger partial charge in [-0.05, 0) is 24.5 Å². The van der Waals surface area contributed by atoms with Crippen molar-refractivity contribution in [3.8, 4) is 0 Å². The van der Waals surface area contributed by atoms with Gasteiger partial charge in [0.15, 0.2) is 6.61 Å². The van der Waals surface area contributed by atoms with Gasteiger partial charge in [-0.1, -0.05) is 38.1 Å². The van der Waals surface area contributed by atoms with Gasteiger partial charge in [0, 0.05) is 17.6 Å². The van der Waals surface area contributed by atoms with E-state index in [1.165, 1.54) is 0 Å². The van der Waals surface area contributed by atoms with Crippen LogP contribution in [0, 0.1) is 0 Å². The molecule has 0 aliphatic heterocycles. The maximum atomic E-state index is 12.0. The first-order valence-electron chi connectivity index (χ1n) is 7.91. The van der Waals surface area contributed by atoms with E-state index >= 15 is 0 Å². The molecule has 5 nitrogen and oxygen atoms in total. The third kappa shape index (κ3) is 4.77. The van der Waals surface area contributed by atoms with Gasteiger partial charge in [-0.15, -0.1) is 0 Å². The van der Waals surface area contributed by atoms with Crippen molar-refractivity contribution in [2.45, 2.75) is 39.2 Å². The SMILES string of the molecule is CCC(CC)NC(=O)COC(=O)Cc1cccc2cccnc12. The van der Waals surface area contributed by atoms with Gasteiger partial charge in [-0.2, -0.15) is 0 Å². The van der Waals surface area contributed by atoms with Crippen molar-refractivity contribution in [2.75, 3.05) is 6.61 Å². The van der Waals surface area contributed by atoms with Crippen LogP contribution in [-0.4, -0.2) is 29.5 Å². The zero-order valence-electron chi connectivity index (χ0n) is 13.5. The summed E-state index contributed by atoms with van der Waals surface area (Å²) in [6, 6.07) is 9.60. The number of amides is 1. The molecule has 2 aromatic rings. The Balaban J connectivity index is 1.90. The lowest BCUT2D eigenvalue weighted by Crippen LogP contribution is -2.37. The Morgan fingerprint density at radius 1 is 1.17 bits per heavy atom. The number of carbonyl (C=O) groups is 2. The van der Waals surface area contributed by atoms with E-state index in [4.69, 9.17) is 4.74 Å². The van der Waals surface area contributed by atoms with Crippen LogP contribution in [-0.2, 0) is 20.7 Å². The van der Waals surface area contributed by atoms with Gasteiger partial charge in [0.25, 0.3) is 5.91 Å². The first-order valence-corrected chi connectivity index (χ1v) is 7.91. The molecule has 0 radical (unpaired) electrons. The molecule has 0 unspecified atom stereocenters. The van der Waals surface area contributed by atoms with E-state index in [1.54, 1.807) is 6.20 Å². The lowest BCUT2D eigenvalue weighted by Gasteiger charge is -2.14. The molecule has 1 aromatic carbocycles. The standard InChI is InChI=1S/C18H22N2O3/c1-3-15(4-2)20-16(21)12-23-17(22)11-14-8-5-7-13-9-6-10-19-18(13)14/h5-10,15H,3-4,11-12H2,1-2H3,(H,20,21). The Hall–Kier alpha value is -2.43. The molecule has 23 heavy (non-hydrogen) atoms. The number of rotatable bonds is 7. The van der Waals surface area contributed by atoms with E-state index in [1.807, 2.05) is 44.2 Å². The van der Waals surface area contributed by atoms with Crippen molar-refractivity contribution < 1.29 is 14.3 Å². The number of esters is 1. The Labute approximate surface area is 136 Å². The summed E-state index contributed by atoms with van der Waals surface area (Å²) in [5.41, 5.74) is 1.59. The van der Waals surface area contributed by atoms with E-state index in [9.17, 15) is 9.59 Å². The highest BCUT2D eigenvalue weighted by molar-refractivity contribution is 5.86. The van der Waals surface area contributed by atoms with Gasteiger partial charge < -0.3 is 10.1 Å². The quantitative estimate of drug-likeness (QED) is 0.798. The molecule has 1 N–H and O–H groups in total. The number of benzene rings is 1. The van der Waals surface area contributed by atoms with E-state index in [-0.39, 0.29) is 25.0 Å². The van der Waals surface area contributed by atoms with Crippen LogP contribution >= 0.6 is 0 Å².